The Bertz CT molecular complexity index is 891. The zero-order valence-electron chi connectivity index (χ0n) is 17.0. The molecule has 2 unspecified atom stereocenters. The smallest absolute Gasteiger partial charge is 0.323 e. The summed E-state index contributed by atoms with van der Waals surface area (Å²) in [7, 11) is 1.92. The Morgan fingerprint density at radius 3 is 2.75 bits per heavy atom. The van der Waals surface area contributed by atoms with Gasteiger partial charge in [0.05, 0.1) is 23.4 Å². The molecule has 2 heterocycles. The molecule has 7 heteroatoms. The summed E-state index contributed by atoms with van der Waals surface area (Å²) in [6.07, 6.45) is 2.50. The van der Waals surface area contributed by atoms with Gasteiger partial charge in [-0.25, -0.2) is 14.7 Å². The number of amides is 3. The van der Waals surface area contributed by atoms with Crippen molar-refractivity contribution in [2.45, 2.75) is 52.1 Å². The number of imide groups is 1. The van der Waals surface area contributed by atoms with Crippen LogP contribution in [0.4, 0.5) is 4.79 Å². The molecule has 150 valence electrons. The fraction of sp³-hybridized carbons (Fsp3) is 0.571. The SMILES string of the molecule is CC1CC(C)(C)CC2(C1)NC(=O)N(CN(C)Cc1nc3ccccc3s1)C2=O. The molecule has 1 aliphatic carbocycles. The number of hydrogen-bond donors (Lipinski definition) is 1. The molecule has 1 saturated carbocycles. The normalized spacial score (nSPS) is 27.2. The Kier molecular flexibility index (Phi) is 4.70. The van der Waals surface area contributed by atoms with E-state index in [9.17, 15) is 9.59 Å². The van der Waals surface area contributed by atoms with Gasteiger partial charge in [-0.05, 0) is 49.8 Å². The van der Waals surface area contributed by atoms with Crippen LogP contribution < -0.4 is 5.32 Å². The van der Waals surface area contributed by atoms with Crippen LogP contribution in [0.25, 0.3) is 10.2 Å². The van der Waals surface area contributed by atoms with E-state index >= 15 is 0 Å². The van der Waals surface area contributed by atoms with Crippen LogP contribution in [0.15, 0.2) is 24.3 Å². The van der Waals surface area contributed by atoms with Gasteiger partial charge in [0.1, 0.15) is 10.5 Å². The van der Waals surface area contributed by atoms with E-state index < -0.39 is 5.54 Å². The van der Waals surface area contributed by atoms with E-state index in [4.69, 9.17) is 0 Å². The highest BCUT2D eigenvalue weighted by Crippen LogP contribution is 2.46. The van der Waals surface area contributed by atoms with Crippen LogP contribution in [0.3, 0.4) is 0 Å². The van der Waals surface area contributed by atoms with Gasteiger partial charge in [-0.1, -0.05) is 32.9 Å². The first-order valence-electron chi connectivity index (χ1n) is 9.85. The maximum atomic E-state index is 13.3. The summed E-state index contributed by atoms with van der Waals surface area (Å²) >= 11 is 1.65. The van der Waals surface area contributed by atoms with Gasteiger partial charge in [-0.2, -0.15) is 0 Å². The Morgan fingerprint density at radius 2 is 2.04 bits per heavy atom. The Labute approximate surface area is 169 Å². The van der Waals surface area contributed by atoms with Gasteiger partial charge in [0.2, 0.25) is 0 Å². The van der Waals surface area contributed by atoms with E-state index in [0.29, 0.717) is 18.9 Å². The third kappa shape index (κ3) is 3.53. The summed E-state index contributed by atoms with van der Waals surface area (Å²) < 4.78 is 1.15. The highest BCUT2D eigenvalue weighted by molar-refractivity contribution is 7.18. The number of aromatic nitrogens is 1. The minimum Gasteiger partial charge on any atom is -0.323 e. The Morgan fingerprint density at radius 1 is 1.29 bits per heavy atom. The molecule has 28 heavy (non-hydrogen) atoms. The molecule has 2 fully saturated rings. The number of rotatable bonds is 4. The van der Waals surface area contributed by atoms with E-state index in [2.05, 4.69) is 37.1 Å². The molecular formula is C21H28N4O2S. The van der Waals surface area contributed by atoms with Gasteiger partial charge in [-0.3, -0.25) is 9.69 Å². The second-order valence-electron chi connectivity index (χ2n) is 9.33. The minimum atomic E-state index is -0.741. The molecule has 1 aromatic heterocycles. The highest BCUT2D eigenvalue weighted by Gasteiger charge is 2.56. The second kappa shape index (κ2) is 6.81. The monoisotopic (exact) mass is 400 g/mol. The van der Waals surface area contributed by atoms with Crippen molar-refractivity contribution in [2.24, 2.45) is 11.3 Å². The number of benzene rings is 1. The number of thiazole rings is 1. The number of para-hydroxylation sites is 1. The summed E-state index contributed by atoms with van der Waals surface area (Å²) in [6, 6.07) is 7.78. The first-order chi connectivity index (χ1) is 13.2. The van der Waals surface area contributed by atoms with Crippen molar-refractivity contribution < 1.29 is 9.59 Å². The van der Waals surface area contributed by atoms with Crippen LogP contribution in [0, 0.1) is 11.3 Å². The number of urea groups is 1. The second-order valence-corrected chi connectivity index (χ2v) is 10.4. The van der Waals surface area contributed by atoms with Crippen molar-refractivity contribution in [3.8, 4) is 0 Å². The number of nitrogens with one attached hydrogen (secondary N) is 1. The fourth-order valence-electron chi connectivity index (χ4n) is 5.14. The molecule has 4 rings (SSSR count). The van der Waals surface area contributed by atoms with Crippen molar-refractivity contribution >= 4 is 33.5 Å². The highest BCUT2D eigenvalue weighted by atomic mass is 32.1. The lowest BCUT2D eigenvalue weighted by atomic mass is 9.64. The standard InChI is InChI=1S/C21H28N4O2S/c1-14-9-20(2,3)12-21(10-14)18(26)25(19(27)23-21)13-24(4)11-17-22-15-7-5-6-8-16(15)28-17/h5-8,14H,9-13H2,1-4H3,(H,23,27). The van der Waals surface area contributed by atoms with Crippen LogP contribution in [0.5, 0.6) is 0 Å². The molecule has 1 aromatic carbocycles. The number of hydrogen-bond acceptors (Lipinski definition) is 5. The van der Waals surface area contributed by atoms with Crippen LogP contribution >= 0.6 is 11.3 Å². The van der Waals surface area contributed by atoms with Gasteiger partial charge in [-0.15, -0.1) is 11.3 Å². The third-order valence-corrected chi connectivity index (χ3v) is 6.77. The van der Waals surface area contributed by atoms with Gasteiger partial charge in [0.25, 0.3) is 5.91 Å². The van der Waals surface area contributed by atoms with E-state index in [-0.39, 0.29) is 24.0 Å². The predicted octanol–water partition coefficient (Wildman–Crippen LogP) is 3.82. The summed E-state index contributed by atoms with van der Waals surface area (Å²) in [5.74, 6) is 0.335. The zero-order chi connectivity index (χ0) is 20.1. The van der Waals surface area contributed by atoms with Crippen LogP contribution in [0.1, 0.15) is 45.0 Å². The molecular weight excluding hydrogens is 372 g/mol. The summed E-state index contributed by atoms with van der Waals surface area (Å²) in [5.41, 5.74) is 0.293. The van der Waals surface area contributed by atoms with Crippen molar-refractivity contribution in [3.63, 3.8) is 0 Å². The number of carbonyl (C=O) groups is 2. The van der Waals surface area contributed by atoms with E-state index in [1.165, 1.54) is 4.90 Å². The molecule has 3 amide bonds. The zero-order valence-corrected chi connectivity index (χ0v) is 17.8. The molecule has 6 nitrogen and oxygen atoms in total. The van der Waals surface area contributed by atoms with Crippen molar-refractivity contribution in [1.82, 2.24) is 20.1 Å². The van der Waals surface area contributed by atoms with Crippen LogP contribution in [-0.4, -0.2) is 46.0 Å². The predicted molar refractivity (Wildman–Crippen MR) is 111 cm³/mol. The lowest BCUT2D eigenvalue weighted by Crippen LogP contribution is -2.54. The van der Waals surface area contributed by atoms with Crippen molar-refractivity contribution in [3.05, 3.63) is 29.3 Å². The third-order valence-electron chi connectivity index (χ3n) is 5.75. The number of nitrogens with zero attached hydrogens (tertiary/aromatic N) is 3. The van der Waals surface area contributed by atoms with E-state index in [1.807, 2.05) is 30.1 Å². The quantitative estimate of drug-likeness (QED) is 0.793. The van der Waals surface area contributed by atoms with E-state index in [0.717, 1.165) is 28.1 Å². The minimum absolute atomic E-state index is 0.0452. The lowest BCUT2D eigenvalue weighted by molar-refractivity contribution is -0.136. The first kappa shape index (κ1) is 19.3. The van der Waals surface area contributed by atoms with Gasteiger partial charge in [0, 0.05) is 0 Å². The summed E-state index contributed by atoms with van der Waals surface area (Å²) in [5, 5.41) is 4.03. The molecule has 0 bridgehead atoms. The number of fused-ring (bicyclic) bond motifs is 1. The van der Waals surface area contributed by atoms with Gasteiger partial charge >= 0.3 is 6.03 Å². The molecule has 1 aliphatic heterocycles. The lowest BCUT2D eigenvalue weighted by Gasteiger charge is -2.43. The number of carbonyl (C=O) groups excluding carboxylic acids is 2. The maximum absolute atomic E-state index is 13.3. The Balaban J connectivity index is 1.47. The van der Waals surface area contributed by atoms with Gasteiger partial charge < -0.3 is 5.32 Å². The first-order valence-corrected chi connectivity index (χ1v) is 10.7. The average molecular weight is 401 g/mol. The topological polar surface area (TPSA) is 65.5 Å². The Hall–Kier alpha value is -1.99. The largest absolute Gasteiger partial charge is 0.326 e. The van der Waals surface area contributed by atoms with Crippen molar-refractivity contribution in [2.75, 3.05) is 13.7 Å². The fourth-order valence-corrected chi connectivity index (χ4v) is 6.19. The van der Waals surface area contributed by atoms with Gasteiger partial charge in [0.15, 0.2) is 0 Å². The van der Waals surface area contributed by atoms with E-state index in [1.54, 1.807) is 11.3 Å². The summed E-state index contributed by atoms with van der Waals surface area (Å²) in [6.45, 7) is 7.42. The molecule has 1 spiro atoms. The van der Waals surface area contributed by atoms with Crippen LogP contribution in [0.2, 0.25) is 0 Å². The average Bonchev–Trinajstić information content (AvgIpc) is 3.07. The maximum Gasteiger partial charge on any atom is 0.326 e. The van der Waals surface area contributed by atoms with Crippen LogP contribution in [-0.2, 0) is 11.3 Å². The molecule has 0 radical (unpaired) electrons. The molecule has 2 aliphatic rings. The molecule has 1 saturated heterocycles. The van der Waals surface area contributed by atoms with Crippen molar-refractivity contribution in [1.29, 1.82) is 0 Å². The summed E-state index contributed by atoms with van der Waals surface area (Å²) in [4.78, 5) is 33.9. The molecule has 1 N–H and O–H groups in total. The molecule has 2 aromatic rings. The molecule has 2 atom stereocenters.